The molecule has 0 fully saturated rings. The standard InChI is InChI=1S/C24H38O2/c1-23(21-25)17-13-10-8-6-4-2-3-5-7-9-11-16-20-26-22-24-18-14-12-15-19-24/h12-15,17-19,21,23H,2-11,16,20,22H2,1H3. The average molecular weight is 359 g/mol. The Balaban J connectivity index is 1.74. The van der Waals surface area contributed by atoms with Crippen LogP contribution in [0.1, 0.15) is 83.1 Å². The van der Waals surface area contributed by atoms with Gasteiger partial charge in [-0.2, -0.15) is 0 Å². The summed E-state index contributed by atoms with van der Waals surface area (Å²) in [6.07, 6.45) is 19.5. The van der Waals surface area contributed by atoms with Crippen molar-refractivity contribution in [1.82, 2.24) is 0 Å². The van der Waals surface area contributed by atoms with E-state index in [1.165, 1.54) is 69.8 Å². The molecule has 26 heavy (non-hydrogen) atoms. The van der Waals surface area contributed by atoms with Gasteiger partial charge in [-0.3, -0.25) is 0 Å². The molecule has 0 aromatic heterocycles. The number of carbonyl (C=O) groups excluding carboxylic acids is 1. The van der Waals surface area contributed by atoms with Gasteiger partial charge in [0, 0.05) is 12.5 Å². The van der Waals surface area contributed by atoms with E-state index in [1.54, 1.807) is 0 Å². The SMILES string of the molecule is CC(C=O)C=CCCCCCCCCCCCCOCc1ccccc1. The lowest BCUT2D eigenvalue weighted by Crippen LogP contribution is -1.95. The summed E-state index contributed by atoms with van der Waals surface area (Å²) in [4.78, 5) is 10.5. The Morgan fingerprint density at radius 2 is 1.42 bits per heavy atom. The molecule has 0 aliphatic heterocycles. The molecule has 0 heterocycles. The zero-order valence-corrected chi connectivity index (χ0v) is 16.7. The second-order valence-electron chi connectivity index (χ2n) is 7.29. The van der Waals surface area contributed by atoms with Gasteiger partial charge in [-0.25, -0.2) is 0 Å². The number of benzene rings is 1. The fourth-order valence-electron chi connectivity index (χ4n) is 3.00. The first-order valence-electron chi connectivity index (χ1n) is 10.6. The zero-order valence-electron chi connectivity index (χ0n) is 16.7. The van der Waals surface area contributed by atoms with Crippen molar-refractivity contribution >= 4 is 6.29 Å². The molecule has 0 bridgehead atoms. The van der Waals surface area contributed by atoms with Crippen molar-refractivity contribution in [3.63, 3.8) is 0 Å². The Labute approximate surface area is 161 Å². The number of hydrogen-bond donors (Lipinski definition) is 0. The van der Waals surface area contributed by atoms with E-state index in [2.05, 4.69) is 30.3 Å². The molecule has 0 saturated heterocycles. The minimum absolute atomic E-state index is 0.0745. The van der Waals surface area contributed by atoms with E-state index < -0.39 is 0 Å². The van der Waals surface area contributed by atoms with Crippen LogP contribution in [0.5, 0.6) is 0 Å². The van der Waals surface area contributed by atoms with E-state index in [0.29, 0.717) is 0 Å². The van der Waals surface area contributed by atoms with Crippen molar-refractivity contribution in [2.24, 2.45) is 5.92 Å². The minimum Gasteiger partial charge on any atom is -0.377 e. The minimum atomic E-state index is 0.0745. The van der Waals surface area contributed by atoms with Crippen LogP contribution in [0.3, 0.4) is 0 Å². The zero-order chi connectivity index (χ0) is 18.7. The molecule has 1 atom stereocenters. The first-order chi connectivity index (χ1) is 12.8. The third-order valence-electron chi connectivity index (χ3n) is 4.68. The molecule has 0 amide bonds. The summed E-state index contributed by atoms with van der Waals surface area (Å²) in [6, 6.07) is 10.4. The van der Waals surface area contributed by atoms with Gasteiger partial charge >= 0.3 is 0 Å². The molecule has 1 unspecified atom stereocenters. The predicted octanol–water partition coefficient (Wildman–Crippen LogP) is 6.89. The first kappa shape index (κ1) is 22.6. The summed E-state index contributed by atoms with van der Waals surface area (Å²) in [7, 11) is 0. The van der Waals surface area contributed by atoms with Crippen molar-refractivity contribution in [2.45, 2.75) is 84.2 Å². The van der Waals surface area contributed by atoms with Crippen LogP contribution >= 0.6 is 0 Å². The van der Waals surface area contributed by atoms with Gasteiger partial charge in [0.15, 0.2) is 0 Å². The van der Waals surface area contributed by atoms with Crippen LogP contribution in [0.2, 0.25) is 0 Å². The van der Waals surface area contributed by atoms with Crippen molar-refractivity contribution < 1.29 is 9.53 Å². The quantitative estimate of drug-likeness (QED) is 0.172. The fourth-order valence-corrected chi connectivity index (χ4v) is 3.00. The molecule has 1 aromatic rings. The normalized spacial score (nSPS) is 12.5. The average Bonchev–Trinajstić information content (AvgIpc) is 2.68. The monoisotopic (exact) mass is 358 g/mol. The van der Waals surface area contributed by atoms with E-state index in [1.807, 2.05) is 19.1 Å². The van der Waals surface area contributed by atoms with Gasteiger partial charge in [-0.1, -0.05) is 101 Å². The van der Waals surface area contributed by atoms with Crippen molar-refractivity contribution in [1.29, 1.82) is 0 Å². The molecule has 0 radical (unpaired) electrons. The molecule has 0 aliphatic rings. The Bertz CT molecular complexity index is 453. The van der Waals surface area contributed by atoms with Crippen LogP contribution in [0, 0.1) is 5.92 Å². The molecular weight excluding hydrogens is 320 g/mol. The summed E-state index contributed by atoms with van der Waals surface area (Å²) in [6.45, 7) is 3.56. The number of allylic oxidation sites excluding steroid dienone is 2. The molecule has 0 spiro atoms. The molecule has 2 heteroatoms. The van der Waals surface area contributed by atoms with Gasteiger partial charge in [0.1, 0.15) is 6.29 Å². The van der Waals surface area contributed by atoms with E-state index in [9.17, 15) is 4.79 Å². The molecule has 1 rings (SSSR count). The van der Waals surface area contributed by atoms with Gasteiger partial charge in [0.05, 0.1) is 6.61 Å². The lowest BCUT2D eigenvalue weighted by atomic mass is 10.1. The van der Waals surface area contributed by atoms with Gasteiger partial charge < -0.3 is 9.53 Å². The smallest absolute Gasteiger partial charge is 0.126 e. The summed E-state index contributed by atoms with van der Waals surface area (Å²) in [5.41, 5.74) is 1.26. The largest absolute Gasteiger partial charge is 0.377 e. The predicted molar refractivity (Wildman–Crippen MR) is 111 cm³/mol. The van der Waals surface area contributed by atoms with E-state index in [-0.39, 0.29) is 5.92 Å². The Hall–Kier alpha value is -1.41. The number of aldehydes is 1. The third-order valence-corrected chi connectivity index (χ3v) is 4.68. The van der Waals surface area contributed by atoms with E-state index >= 15 is 0 Å². The van der Waals surface area contributed by atoms with Gasteiger partial charge in [0.25, 0.3) is 0 Å². The number of unbranched alkanes of at least 4 members (excludes halogenated alkanes) is 10. The molecule has 1 aromatic carbocycles. The maximum absolute atomic E-state index is 10.5. The third kappa shape index (κ3) is 13.8. The van der Waals surface area contributed by atoms with Gasteiger partial charge in [-0.15, -0.1) is 0 Å². The summed E-state index contributed by atoms with van der Waals surface area (Å²) >= 11 is 0. The Morgan fingerprint density at radius 3 is 2.04 bits per heavy atom. The molecule has 0 N–H and O–H groups in total. The lowest BCUT2D eigenvalue weighted by molar-refractivity contribution is -0.109. The molecule has 146 valence electrons. The van der Waals surface area contributed by atoms with Crippen LogP contribution in [0.4, 0.5) is 0 Å². The Kier molecular flexibility index (Phi) is 14.8. The van der Waals surface area contributed by atoms with Crippen LogP contribution in [-0.4, -0.2) is 12.9 Å². The van der Waals surface area contributed by atoms with E-state index in [4.69, 9.17) is 4.74 Å². The highest BCUT2D eigenvalue weighted by molar-refractivity contribution is 5.55. The first-order valence-corrected chi connectivity index (χ1v) is 10.6. The second-order valence-corrected chi connectivity index (χ2v) is 7.29. The molecule has 0 saturated carbocycles. The fraction of sp³-hybridized carbons (Fsp3) is 0.625. The highest BCUT2D eigenvalue weighted by atomic mass is 16.5. The summed E-state index contributed by atoms with van der Waals surface area (Å²) in [5, 5.41) is 0. The second kappa shape index (κ2) is 17.0. The number of rotatable bonds is 17. The molecular formula is C24H38O2. The molecule has 2 nitrogen and oxygen atoms in total. The van der Waals surface area contributed by atoms with Crippen molar-refractivity contribution in [2.75, 3.05) is 6.61 Å². The van der Waals surface area contributed by atoms with Crippen LogP contribution in [-0.2, 0) is 16.1 Å². The van der Waals surface area contributed by atoms with Crippen LogP contribution in [0.15, 0.2) is 42.5 Å². The maximum Gasteiger partial charge on any atom is 0.126 e. The maximum atomic E-state index is 10.5. The number of hydrogen-bond acceptors (Lipinski definition) is 2. The van der Waals surface area contributed by atoms with E-state index in [0.717, 1.165) is 25.9 Å². The topological polar surface area (TPSA) is 26.3 Å². The van der Waals surface area contributed by atoms with Crippen molar-refractivity contribution in [3.05, 3.63) is 48.0 Å². The molecule has 0 aliphatic carbocycles. The summed E-state index contributed by atoms with van der Waals surface area (Å²) in [5.74, 6) is 0.0745. The summed E-state index contributed by atoms with van der Waals surface area (Å²) < 4.78 is 5.72. The van der Waals surface area contributed by atoms with Crippen LogP contribution < -0.4 is 0 Å². The van der Waals surface area contributed by atoms with Gasteiger partial charge in [-0.05, 0) is 24.8 Å². The van der Waals surface area contributed by atoms with Gasteiger partial charge in [0.2, 0.25) is 0 Å². The highest BCUT2D eigenvalue weighted by Crippen LogP contribution is 2.12. The number of carbonyl (C=O) groups is 1. The number of ether oxygens (including phenoxy) is 1. The van der Waals surface area contributed by atoms with Crippen molar-refractivity contribution in [3.8, 4) is 0 Å². The van der Waals surface area contributed by atoms with Crippen LogP contribution in [0.25, 0.3) is 0 Å². The highest BCUT2D eigenvalue weighted by Gasteiger charge is 1.95. The lowest BCUT2D eigenvalue weighted by Gasteiger charge is -2.05. The Morgan fingerprint density at radius 1 is 0.846 bits per heavy atom.